The van der Waals surface area contributed by atoms with Crippen molar-refractivity contribution < 1.29 is 0 Å². The van der Waals surface area contributed by atoms with Crippen LogP contribution in [0.15, 0.2) is 34.9 Å². The van der Waals surface area contributed by atoms with Gasteiger partial charge in [-0.2, -0.15) is 0 Å². The third-order valence-corrected chi connectivity index (χ3v) is 4.87. The number of halogens is 1. The van der Waals surface area contributed by atoms with Crippen LogP contribution in [-0.4, -0.2) is 18.6 Å². The van der Waals surface area contributed by atoms with Crippen LogP contribution in [0, 0.1) is 0 Å². The summed E-state index contributed by atoms with van der Waals surface area (Å²) in [5.74, 6) is 0. The highest BCUT2D eigenvalue weighted by Crippen LogP contribution is 2.27. The topological polar surface area (TPSA) is 28.2 Å². The van der Waals surface area contributed by atoms with Crippen LogP contribution in [-0.2, 0) is 6.54 Å². The molecule has 0 fully saturated rings. The fourth-order valence-electron chi connectivity index (χ4n) is 2.04. The second-order valence-electron chi connectivity index (χ2n) is 4.81. The summed E-state index contributed by atoms with van der Waals surface area (Å²) in [6, 6.07) is 8.76. The van der Waals surface area contributed by atoms with Crippen molar-refractivity contribution in [3.8, 4) is 0 Å². The second-order valence-corrected chi connectivity index (χ2v) is 6.77. The molecule has 0 aliphatic carbocycles. The molecule has 0 aliphatic rings. The zero-order chi connectivity index (χ0) is 14.5. The molecular weight excluding hydrogens is 334 g/mol. The Labute approximate surface area is 133 Å². The van der Waals surface area contributed by atoms with Crippen molar-refractivity contribution in [1.82, 2.24) is 10.3 Å². The van der Waals surface area contributed by atoms with Crippen LogP contribution in [0.25, 0.3) is 0 Å². The molecule has 108 valence electrons. The van der Waals surface area contributed by atoms with Crippen LogP contribution >= 0.6 is 27.3 Å². The summed E-state index contributed by atoms with van der Waals surface area (Å²) in [5, 5.41) is 4.48. The smallest absolute Gasteiger partial charge is 0.185 e. The SMILES string of the molecule is CCNC(C)c1cnc(N(C)Cc2cccc(Br)c2)s1. The van der Waals surface area contributed by atoms with Crippen LogP contribution in [0.1, 0.15) is 30.3 Å². The van der Waals surface area contributed by atoms with Crippen LogP contribution in [0.3, 0.4) is 0 Å². The van der Waals surface area contributed by atoms with Gasteiger partial charge in [0.2, 0.25) is 0 Å². The predicted octanol–water partition coefficient (Wildman–Crippen LogP) is 4.21. The van der Waals surface area contributed by atoms with E-state index < -0.39 is 0 Å². The summed E-state index contributed by atoms with van der Waals surface area (Å²) in [4.78, 5) is 8.00. The number of hydrogen-bond donors (Lipinski definition) is 1. The van der Waals surface area contributed by atoms with Crippen LogP contribution in [0.5, 0.6) is 0 Å². The second kappa shape index (κ2) is 7.20. The number of aromatic nitrogens is 1. The molecule has 0 bridgehead atoms. The van der Waals surface area contributed by atoms with Gasteiger partial charge in [0.1, 0.15) is 0 Å². The largest absolute Gasteiger partial charge is 0.347 e. The number of rotatable bonds is 6. The first-order valence-corrected chi connectivity index (χ1v) is 8.35. The highest BCUT2D eigenvalue weighted by atomic mass is 79.9. The first kappa shape index (κ1) is 15.5. The molecule has 0 saturated carbocycles. The van der Waals surface area contributed by atoms with Crippen molar-refractivity contribution in [2.24, 2.45) is 0 Å². The van der Waals surface area contributed by atoms with Gasteiger partial charge in [0.05, 0.1) is 0 Å². The fourth-order valence-corrected chi connectivity index (χ4v) is 3.39. The maximum Gasteiger partial charge on any atom is 0.185 e. The molecule has 2 rings (SSSR count). The zero-order valence-electron chi connectivity index (χ0n) is 12.1. The number of benzene rings is 1. The Morgan fingerprint density at radius 2 is 2.25 bits per heavy atom. The summed E-state index contributed by atoms with van der Waals surface area (Å²) in [6.45, 7) is 6.14. The number of thiazole rings is 1. The average molecular weight is 354 g/mol. The highest BCUT2D eigenvalue weighted by Gasteiger charge is 2.11. The molecule has 0 radical (unpaired) electrons. The Morgan fingerprint density at radius 1 is 1.45 bits per heavy atom. The molecule has 0 spiro atoms. The molecule has 3 nitrogen and oxygen atoms in total. The van der Waals surface area contributed by atoms with Crippen molar-refractivity contribution in [3.05, 3.63) is 45.4 Å². The van der Waals surface area contributed by atoms with E-state index in [-0.39, 0.29) is 0 Å². The number of nitrogens with one attached hydrogen (secondary N) is 1. The van der Waals surface area contributed by atoms with Gasteiger partial charge in [-0.05, 0) is 31.2 Å². The van der Waals surface area contributed by atoms with E-state index in [1.54, 1.807) is 11.3 Å². The van der Waals surface area contributed by atoms with E-state index in [0.29, 0.717) is 6.04 Å². The van der Waals surface area contributed by atoms with E-state index in [9.17, 15) is 0 Å². The summed E-state index contributed by atoms with van der Waals surface area (Å²) < 4.78 is 1.11. The number of nitrogens with zero attached hydrogens (tertiary/aromatic N) is 2. The lowest BCUT2D eigenvalue weighted by atomic mass is 10.2. The molecule has 5 heteroatoms. The van der Waals surface area contributed by atoms with Crippen LogP contribution in [0.4, 0.5) is 5.13 Å². The minimum atomic E-state index is 0.366. The molecular formula is C15H20BrN3S. The van der Waals surface area contributed by atoms with Gasteiger partial charge >= 0.3 is 0 Å². The van der Waals surface area contributed by atoms with Crippen molar-refractivity contribution >= 4 is 32.4 Å². The summed E-state index contributed by atoms with van der Waals surface area (Å²) in [7, 11) is 2.08. The minimum absolute atomic E-state index is 0.366. The molecule has 1 aromatic carbocycles. The van der Waals surface area contributed by atoms with E-state index >= 15 is 0 Å². The maximum atomic E-state index is 4.53. The molecule has 1 heterocycles. The minimum Gasteiger partial charge on any atom is -0.347 e. The Balaban J connectivity index is 2.04. The van der Waals surface area contributed by atoms with Gasteiger partial charge in [0.15, 0.2) is 5.13 Å². The summed E-state index contributed by atoms with van der Waals surface area (Å²) >= 11 is 5.26. The molecule has 0 saturated heterocycles. The summed E-state index contributed by atoms with van der Waals surface area (Å²) in [6.07, 6.45) is 1.98. The molecule has 0 aliphatic heterocycles. The lowest BCUT2D eigenvalue weighted by Gasteiger charge is -2.16. The number of anilines is 1. The Kier molecular flexibility index (Phi) is 5.57. The normalized spacial score (nSPS) is 12.4. The van der Waals surface area contributed by atoms with Crippen molar-refractivity contribution in [1.29, 1.82) is 0 Å². The van der Waals surface area contributed by atoms with E-state index in [2.05, 4.69) is 70.2 Å². The lowest BCUT2D eigenvalue weighted by molar-refractivity contribution is 0.606. The van der Waals surface area contributed by atoms with Crippen LogP contribution < -0.4 is 10.2 Å². The van der Waals surface area contributed by atoms with Gasteiger partial charge in [-0.15, -0.1) is 11.3 Å². The van der Waals surface area contributed by atoms with Gasteiger partial charge in [-0.3, -0.25) is 0 Å². The van der Waals surface area contributed by atoms with Crippen molar-refractivity contribution in [2.45, 2.75) is 26.4 Å². The van der Waals surface area contributed by atoms with Gasteiger partial charge in [0, 0.05) is 35.2 Å². The average Bonchev–Trinajstić information content (AvgIpc) is 2.88. The third-order valence-electron chi connectivity index (χ3n) is 3.08. The quantitative estimate of drug-likeness (QED) is 0.842. The molecule has 0 amide bonds. The van der Waals surface area contributed by atoms with Gasteiger partial charge in [-0.1, -0.05) is 35.0 Å². The molecule has 1 aromatic heterocycles. The molecule has 1 N–H and O–H groups in total. The lowest BCUT2D eigenvalue weighted by Crippen LogP contribution is -2.16. The third kappa shape index (κ3) is 4.04. The highest BCUT2D eigenvalue weighted by molar-refractivity contribution is 9.10. The molecule has 1 unspecified atom stereocenters. The van der Waals surface area contributed by atoms with E-state index in [0.717, 1.165) is 22.7 Å². The maximum absolute atomic E-state index is 4.53. The van der Waals surface area contributed by atoms with Gasteiger partial charge < -0.3 is 10.2 Å². The Bertz CT molecular complexity index is 556. The Hall–Kier alpha value is -0.910. The van der Waals surface area contributed by atoms with Crippen LogP contribution in [0.2, 0.25) is 0 Å². The zero-order valence-corrected chi connectivity index (χ0v) is 14.5. The Morgan fingerprint density at radius 3 is 2.95 bits per heavy atom. The standard InChI is InChI=1S/C15H20BrN3S/c1-4-17-11(2)14-9-18-15(20-14)19(3)10-12-6-5-7-13(16)8-12/h5-9,11,17H,4,10H2,1-3H3. The molecule has 20 heavy (non-hydrogen) atoms. The van der Waals surface area contributed by atoms with Crippen molar-refractivity contribution in [3.63, 3.8) is 0 Å². The molecule has 1 atom stereocenters. The first-order chi connectivity index (χ1) is 9.60. The predicted molar refractivity (Wildman–Crippen MR) is 90.5 cm³/mol. The van der Waals surface area contributed by atoms with E-state index in [1.807, 2.05) is 12.3 Å². The van der Waals surface area contributed by atoms with Gasteiger partial charge in [0.25, 0.3) is 0 Å². The fraction of sp³-hybridized carbons (Fsp3) is 0.400. The molecule has 2 aromatic rings. The van der Waals surface area contributed by atoms with Gasteiger partial charge in [-0.25, -0.2) is 4.98 Å². The van der Waals surface area contributed by atoms with E-state index in [4.69, 9.17) is 0 Å². The first-order valence-electron chi connectivity index (χ1n) is 6.75. The van der Waals surface area contributed by atoms with Crippen molar-refractivity contribution in [2.75, 3.05) is 18.5 Å². The monoisotopic (exact) mass is 353 g/mol. The number of hydrogen-bond acceptors (Lipinski definition) is 4. The summed E-state index contributed by atoms with van der Waals surface area (Å²) in [5.41, 5.74) is 1.28. The van der Waals surface area contributed by atoms with E-state index in [1.165, 1.54) is 10.4 Å².